The maximum Gasteiger partial charge on any atom is 0.191 e. The molecule has 0 atom stereocenters. The van der Waals surface area contributed by atoms with Crippen molar-refractivity contribution in [1.29, 1.82) is 0 Å². The molecule has 0 aliphatic carbocycles. The summed E-state index contributed by atoms with van der Waals surface area (Å²) in [4.78, 5) is 13.9. The standard InChI is InChI=1S/C22H31FN6.HI/c1-4-24-22(26-14-18-6-5-17(2)20(23)13-18)27-16-19-7-8-21(25-15-19)29-11-9-28(3)10-12-29;/h5-8,13,15H,4,9-12,14,16H2,1-3H3,(H2,24,26,27);1H. The number of aliphatic imine (C=N–C) groups is 1. The number of rotatable bonds is 6. The number of hydrogen-bond acceptors (Lipinski definition) is 4. The van der Waals surface area contributed by atoms with Crippen molar-refractivity contribution in [3.05, 3.63) is 59.0 Å². The zero-order valence-electron chi connectivity index (χ0n) is 18.0. The predicted octanol–water partition coefficient (Wildman–Crippen LogP) is 3.15. The largest absolute Gasteiger partial charge is 0.357 e. The van der Waals surface area contributed by atoms with E-state index in [-0.39, 0.29) is 29.8 Å². The van der Waals surface area contributed by atoms with Gasteiger partial charge in [0.25, 0.3) is 0 Å². The average molecular weight is 526 g/mol. The predicted molar refractivity (Wildman–Crippen MR) is 132 cm³/mol. The number of piperazine rings is 1. The van der Waals surface area contributed by atoms with Gasteiger partial charge in [-0.1, -0.05) is 18.2 Å². The normalized spacial score (nSPS) is 14.9. The van der Waals surface area contributed by atoms with Crippen LogP contribution in [0.25, 0.3) is 0 Å². The minimum absolute atomic E-state index is 0. The Balaban J connectivity index is 0.00000320. The van der Waals surface area contributed by atoms with E-state index >= 15 is 0 Å². The molecule has 1 aliphatic heterocycles. The molecule has 0 amide bonds. The van der Waals surface area contributed by atoms with Crippen LogP contribution >= 0.6 is 24.0 Å². The highest BCUT2D eigenvalue weighted by molar-refractivity contribution is 14.0. The summed E-state index contributed by atoms with van der Waals surface area (Å²) in [5, 5.41) is 6.49. The number of likely N-dealkylation sites (N-methyl/N-ethyl adjacent to an activating group) is 1. The van der Waals surface area contributed by atoms with Crippen molar-refractivity contribution in [2.75, 3.05) is 44.7 Å². The molecule has 0 unspecified atom stereocenters. The van der Waals surface area contributed by atoms with E-state index in [4.69, 9.17) is 0 Å². The summed E-state index contributed by atoms with van der Waals surface area (Å²) in [6.07, 6.45) is 1.90. The number of nitrogens with zero attached hydrogens (tertiary/aromatic N) is 4. The van der Waals surface area contributed by atoms with Crippen LogP contribution in [0.2, 0.25) is 0 Å². The summed E-state index contributed by atoms with van der Waals surface area (Å²) in [6.45, 7) is 9.75. The Bertz CT molecular complexity index is 819. The van der Waals surface area contributed by atoms with Gasteiger partial charge in [0.2, 0.25) is 0 Å². The van der Waals surface area contributed by atoms with Crippen molar-refractivity contribution in [3.63, 3.8) is 0 Å². The molecule has 8 heteroatoms. The second-order valence-corrected chi connectivity index (χ2v) is 7.45. The lowest BCUT2D eigenvalue weighted by atomic mass is 10.1. The van der Waals surface area contributed by atoms with Crippen molar-refractivity contribution in [2.45, 2.75) is 26.9 Å². The van der Waals surface area contributed by atoms with Gasteiger partial charge in [-0.3, -0.25) is 0 Å². The number of nitrogens with one attached hydrogen (secondary N) is 2. The fraction of sp³-hybridized carbons (Fsp3) is 0.455. The summed E-state index contributed by atoms with van der Waals surface area (Å²) in [5.41, 5.74) is 2.60. The van der Waals surface area contributed by atoms with Crippen LogP contribution in [0.5, 0.6) is 0 Å². The maximum absolute atomic E-state index is 13.7. The molecule has 6 nitrogen and oxygen atoms in total. The van der Waals surface area contributed by atoms with Crippen molar-refractivity contribution in [3.8, 4) is 0 Å². The second kappa shape index (κ2) is 12.0. The van der Waals surface area contributed by atoms with Gasteiger partial charge in [0.1, 0.15) is 11.6 Å². The summed E-state index contributed by atoms with van der Waals surface area (Å²) in [7, 11) is 2.15. The Morgan fingerprint density at radius 2 is 1.83 bits per heavy atom. The van der Waals surface area contributed by atoms with Crippen LogP contribution in [-0.2, 0) is 13.1 Å². The third-order valence-electron chi connectivity index (χ3n) is 5.10. The lowest BCUT2D eigenvalue weighted by Gasteiger charge is -2.33. The first-order valence-corrected chi connectivity index (χ1v) is 10.2. The first-order valence-electron chi connectivity index (χ1n) is 10.2. The minimum atomic E-state index is -0.183. The average Bonchev–Trinajstić information content (AvgIpc) is 2.73. The van der Waals surface area contributed by atoms with Crippen molar-refractivity contribution in [2.24, 2.45) is 4.99 Å². The highest BCUT2D eigenvalue weighted by Gasteiger charge is 2.14. The minimum Gasteiger partial charge on any atom is -0.357 e. The zero-order chi connectivity index (χ0) is 20.6. The Kier molecular flexibility index (Phi) is 9.77. The quantitative estimate of drug-likeness (QED) is 0.344. The van der Waals surface area contributed by atoms with Gasteiger partial charge >= 0.3 is 0 Å². The number of benzene rings is 1. The van der Waals surface area contributed by atoms with Gasteiger partial charge in [-0.15, -0.1) is 24.0 Å². The van der Waals surface area contributed by atoms with E-state index in [1.807, 2.05) is 19.2 Å². The Morgan fingerprint density at radius 1 is 1.10 bits per heavy atom. The van der Waals surface area contributed by atoms with Gasteiger partial charge < -0.3 is 20.4 Å². The Hall–Kier alpha value is -1.94. The van der Waals surface area contributed by atoms with Gasteiger partial charge in [0, 0.05) is 45.5 Å². The SMILES string of the molecule is CCNC(=NCc1ccc(N2CCN(C)CC2)nc1)NCc1ccc(C)c(F)c1.I. The fourth-order valence-electron chi connectivity index (χ4n) is 3.18. The highest BCUT2D eigenvalue weighted by Crippen LogP contribution is 2.14. The monoisotopic (exact) mass is 526 g/mol. The van der Waals surface area contributed by atoms with Gasteiger partial charge in [0.05, 0.1) is 6.54 Å². The molecule has 30 heavy (non-hydrogen) atoms. The first-order chi connectivity index (χ1) is 14.0. The summed E-state index contributed by atoms with van der Waals surface area (Å²) < 4.78 is 13.7. The molecule has 1 aromatic carbocycles. The molecule has 1 fully saturated rings. The van der Waals surface area contributed by atoms with Crippen molar-refractivity contribution < 1.29 is 4.39 Å². The van der Waals surface area contributed by atoms with E-state index in [0.717, 1.165) is 49.7 Å². The van der Waals surface area contributed by atoms with Crippen LogP contribution in [0.4, 0.5) is 10.2 Å². The van der Waals surface area contributed by atoms with Crippen LogP contribution in [0, 0.1) is 12.7 Å². The summed E-state index contributed by atoms with van der Waals surface area (Å²) in [5.74, 6) is 1.55. The topological polar surface area (TPSA) is 55.8 Å². The van der Waals surface area contributed by atoms with Crippen molar-refractivity contribution >= 4 is 35.8 Å². The lowest BCUT2D eigenvalue weighted by molar-refractivity contribution is 0.312. The van der Waals surface area contributed by atoms with Crippen LogP contribution < -0.4 is 15.5 Å². The van der Waals surface area contributed by atoms with Crippen LogP contribution in [0.3, 0.4) is 0 Å². The van der Waals surface area contributed by atoms with Gasteiger partial charge in [-0.05, 0) is 49.7 Å². The molecule has 2 heterocycles. The van der Waals surface area contributed by atoms with Crippen LogP contribution in [0.1, 0.15) is 23.6 Å². The number of halogens is 2. The molecule has 0 radical (unpaired) electrons. The third-order valence-corrected chi connectivity index (χ3v) is 5.10. The highest BCUT2D eigenvalue weighted by atomic mass is 127. The molecule has 164 valence electrons. The molecular weight excluding hydrogens is 494 g/mol. The lowest BCUT2D eigenvalue weighted by Crippen LogP contribution is -2.44. The Morgan fingerprint density at radius 3 is 2.47 bits per heavy atom. The molecule has 1 aromatic heterocycles. The molecule has 2 aromatic rings. The van der Waals surface area contributed by atoms with Gasteiger partial charge in [-0.25, -0.2) is 14.4 Å². The molecule has 1 saturated heterocycles. The van der Waals surface area contributed by atoms with E-state index in [9.17, 15) is 4.39 Å². The summed E-state index contributed by atoms with van der Waals surface area (Å²) >= 11 is 0. The maximum atomic E-state index is 13.7. The number of hydrogen-bond donors (Lipinski definition) is 2. The number of guanidine groups is 1. The van der Waals surface area contributed by atoms with E-state index in [1.165, 1.54) is 0 Å². The summed E-state index contributed by atoms with van der Waals surface area (Å²) in [6, 6.07) is 9.45. The second-order valence-electron chi connectivity index (χ2n) is 7.45. The fourth-order valence-corrected chi connectivity index (χ4v) is 3.18. The van der Waals surface area contributed by atoms with Crippen molar-refractivity contribution in [1.82, 2.24) is 20.5 Å². The molecule has 1 aliphatic rings. The first kappa shape index (κ1) is 24.3. The number of aromatic nitrogens is 1. The molecule has 0 bridgehead atoms. The number of anilines is 1. The van der Waals surface area contributed by atoms with Gasteiger partial charge in [0.15, 0.2) is 5.96 Å². The molecule has 3 rings (SSSR count). The Labute approximate surface area is 196 Å². The van der Waals surface area contributed by atoms with Crippen LogP contribution in [-0.4, -0.2) is 55.6 Å². The smallest absolute Gasteiger partial charge is 0.191 e. The third kappa shape index (κ3) is 7.09. The van der Waals surface area contributed by atoms with E-state index in [1.54, 1.807) is 19.1 Å². The molecule has 0 saturated carbocycles. The molecule has 0 spiro atoms. The number of aryl methyl sites for hydroxylation is 1. The zero-order valence-corrected chi connectivity index (χ0v) is 20.3. The van der Waals surface area contributed by atoms with E-state index in [2.05, 4.69) is 49.6 Å². The molecule has 2 N–H and O–H groups in total. The molecular formula is C22H32FIN6. The number of pyridine rings is 1. The van der Waals surface area contributed by atoms with E-state index < -0.39 is 0 Å². The van der Waals surface area contributed by atoms with Gasteiger partial charge in [-0.2, -0.15) is 0 Å². The van der Waals surface area contributed by atoms with Crippen LogP contribution in [0.15, 0.2) is 41.5 Å². The van der Waals surface area contributed by atoms with E-state index in [0.29, 0.717) is 24.6 Å².